The number of carbonyl (C=O) groups excluding carboxylic acids is 1. The summed E-state index contributed by atoms with van der Waals surface area (Å²) in [6.45, 7) is 6.46. The van der Waals surface area contributed by atoms with Gasteiger partial charge in [-0.3, -0.25) is 4.79 Å². The second-order valence-electron chi connectivity index (χ2n) is 5.69. The zero-order valence-electron chi connectivity index (χ0n) is 10.9. The van der Waals surface area contributed by atoms with Gasteiger partial charge >= 0.3 is 0 Å². The van der Waals surface area contributed by atoms with E-state index in [9.17, 15) is 9.90 Å². The van der Waals surface area contributed by atoms with Gasteiger partial charge in [-0.25, -0.2) is 0 Å². The monoisotopic (exact) mass is 240 g/mol. The van der Waals surface area contributed by atoms with Crippen LogP contribution in [0.15, 0.2) is 0 Å². The maximum absolute atomic E-state index is 12.3. The molecule has 2 heterocycles. The van der Waals surface area contributed by atoms with Gasteiger partial charge in [-0.05, 0) is 38.6 Å². The minimum Gasteiger partial charge on any atom is -0.391 e. The lowest BCUT2D eigenvalue weighted by Crippen LogP contribution is -2.50. The largest absolute Gasteiger partial charge is 0.391 e. The van der Waals surface area contributed by atoms with Crippen LogP contribution in [-0.2, 0) is 4.79 Å². The summed E-state index contributed by atoms with van der Waals surface area (Å²) < 4.78 is 0. The van der Waals surface area contributed by atoms with E-state index in [0.29, 0.717) is 18.5 Å². The van der Waals surface area contributed by atoms with E-state index in [1.54, 1.807) is 0 Å². The van der Waals surface area contributed by atoms with Crippen molar-refractivity contribution in [3.05, 3.63) is 0 Å². The third-order valence-electron chi connectivity index (χ3n) is 4.20. The number of rotatable bonds is 1. The van der Waals surface area contributed by atoms with Gasteiger partial charge in [0.25, 0.3) is 0 Å². The number of likely N-dealkylation sites (tertiary alicyclic amines) is 1. The minimum absolute atomic E-state index is 0.159. The van der Waals surface area contributed by atoms with E-state index in [2.05, 4.69) is 19.2 Å². The standard InChI is InChI=1S/C13H24N2O2/c1-9-4-6-15(8-12(9)16)13(17)11-3-5-14-10(2)7-11/h9-12,14,16H,3-8H2,1-2H3. The number of carbonyl (C=O) groups is 1. The third kappa shape index (κ3) is 2.99. The van der Waals surface area contributed by atoms with E-state index in [1.807, 2.05) is 4.90 Å². The molecule has 2 saturated heterocycles. The van der Waals surface area contributed by atoms with Gasteiger partial charge < -0.3 is 15.3 Å². The van der Waals surface area contributed by atoms with Gasteiger partial charge in [0.15, 0.2) is 0 Å². The average molecular weight is 240 g/mol. The molecule has 0 spiro atoms. The van der Waals surface area contributed by atoms with Gasteiger partial charge in [0, 0.05) is 25.0 Å². The van der Waals surface area contributed by atoms with Crippen LogP contribution in [0.3, 0.4) is 0 Å². The Bertz CT molecular complexity index is 283. The molecule has 98 valence electrons. The van der Waals surface area contributed by atoms with E-state index in [0.717, 1.165) is 32.4 Å². The normalized spacial score (nSPS) is 39.1. The van der Waals surface area contributed by atoms with Crippen molar-refractivity contribution >= 4 is 5.91 Å². The Labute approximate surface area is 103 Å². The van der Waals surface area contributed by atoms with E-state index in [4.69, 9.17) is 0 Å². The van der Waals surface area contributed by atoms with Gasteiger partial charge in [0.05, 0.1) is 6.10 Å². The van der Waals surface area contributed by atoms with Crippen LogP contribution in [0.25, 0.3) is 0 Å². The fourth-order valence-corrected chi connectivity index (χ4v) is 2.86. The molecule has 2 aliphatic rings. The minimum atomic E-state index is -0.341. The Morgan fingerprint density at radius 2 is 2.12 bits per heavy atom. The van der Waals surface area contributed by atoms with Crippen LogP contribution in [0.4, 0.5) is 0 Å². The van der Waals surface area contributed by atoms with Crippen LogP contribution < -0.4 is 5.32 Å². The molecule has 1 amide bonds. The molecule has 4 nitrogen and oxygen atoms in total. The molecular weight excluding hydrogens is 216 g/mol. The van der Waals surface area contributed by atoms with E-state index >= 15 is 0 Å². The molecule has 2 fully saturated rings. The molecule has 2 rings (SSSR count). The SMILES string of the molecule is CC1CC(C(=O)N2CCC(C)C(O)C2)CCN1. The van der Waals surface area contributed by atoms with Gasteiger partial charge in [-0.15, -0.1) is 0 Å². The molecule has 17 heavy (non-hydrogen) atoms. The van der Waals surface area contributed by atoms with Crippen molar-refractivity contribution in [2.24, 2.45) is 11.8 Å². The van der Waals surface area contributed by atoms with Gasteiger partial charge in [-0.2, -0.15) is 0 Å². The lowest BCUT2D eigenvalue weighted by molar-refractivity contribution is -0.141. The summed E-state index contributed by atoms with van der Waals surface area (Å²) in [7, 11) is 0. The molecule has 0 bridgehead atoms. The molecule has 0 aromatic carbocycles. The maximum atomic E-state index is 12.3. The highest BCUT2D eigenvalue weighted by molar-refractivity contribution is 5.79. The van der Waals surface area contributed by atoms with Gasteiger partial charge in [-0.1, -0.05) is 6.92 Å². The lowest BCUT2D eigenvalue weighted by Gasteiger charge is -2.38. The second-order valence-corrected chi connectivity index (χ2v) is 5.69. The van der Waals surface area contributed by atoms with Crippen LogP contribution in [0.1, 0.15) is 33.1 Å². The summed E-state index contributed by atoms with van der Waals surface area (Å²) in [6, 6.07) is 0.436. The van der Waals surface area contributed by atoms with Crippen molar-refractivity contribution in [3.63, 3.8) is 0 Å². The molecule has 2 N–H and O–H groups in total. The summed E-state index contributed by atoms with van der Waals surface area (Å²) in [5.74, 6) is 0.738. The summed E-state index contributed by atoms with van der Waals surface area (Å²) in [4.78, 5) is 14.2. The van der Waals surface area contributed by atoms with Crippen molar-refractivity contribution in [2.45, 2.75) is 45.3 Å². The van der Waals surface area contributed by atoms with Crippen molar-refractivity contribution in [2.75, 3.05) is 19.6 Å². The number of hydrogen-bond donors (Lipinski definition) is 2. The van der Waals surface area contributed by atoms with Crippen LogP contribution >= 0.6 is 0 Å². The number of aliphatic hydroxyl groups excluding tert-OH is 1. The summed E-state index contributed by atoms with van der Waals surface area (Å²) in [6.07, 6.45) is 2.45. The number of aliphatic hydroxyl groups is 1. The van der Waals surface area contributed by atoms with E-state index in [-0.39, 0.29) is 17.9 Å². The van der Waals surface area contributed by atoms with Crippen LogP contribution in [-0.4, -0.2) is 47.7 Å². The zero-order valence-corrected chi connectivity index (χ0v) is 10.9. The number of β-amino-alcohol motifs (C(OH)–C–C–N with tert-alkyl or cyclic N) is 1. The van der Waals surface area contributed by atoms with Crippen LogP contribution in [0, 0.1) is 11.8 Å². The first-order valence-corrected chi connectivity index (χ1v) is 6.78. The first-order chi connectivity index (χ1) is 8.08. The molecule has 0 aliphatic carbocycles. The summed E-state index contributed by atoms with van der Waals surface area (Å²) in [5.41, 5.74) is 0. The van der Waals surface area contributed by atoms with Gasteiger partial charge in [0.1, 0.15) is 0 Å². The number of piperidine rings is 2. The van der Waals surface area contributed by atoms with Crippen molar-refractivity contribution < 1.29 is 9.90 Å². The second kappa shape index (κ2) is 5.36. The summed E-state index contributed by atoms with van der Waals surface area (Å²) in [5, 5.41) is 13.2. The molecular formula is C13H24N2O2. The quantitative estimate of drug-likeness (QED) is 0.706. The maximum Gasteiger partial charge on any atom is 0.225 e. The van der Waals surface area contributed by atoms with Crippen LogP contribution in [0.5, 0.6) is 0 Å². The van der Waals surface area contributed by atoms with Crippen molar-refractivity contribution in [1.82, 2.24) is 10.2 Å². The summed E-state index contributed by atoms with van der Waals surface area (Å²) >= 11 is 0. The number of nitrogens with zero attached hydrogens (tertiary/aromatic N) is 1. The molecule has 0 saturated carbocycles. The highest BCUT2D eigenvalue weighted by atomic mass is 16.3. The lowest BCUT2D eigenvalue weighted by atomic mass is 9.90. The molecule has 0 aromatic rings. The molecule has 4 atom stereocenters. The van der Waals surface area contributed by atoms with Crippen LogP contribution in [0.2, 0.25) is 0 Å². The molecule has 0 radical (unpaired) electrons. The highest BCUT2D eigenvalue weighted by Crippen LogP contribution is 2.23. The van der Waals surface area contributed by atoms with Crippen molar-refractivity contribution in [3.8, 4) is 0 Å². The first kappa shape index (κ1) is 12.8. The fourth-order valence-electron chi connectivity index (χ4n) is 2.86. The predicted molar refractivity (Wildman–Crippen MR) is 66.6 cm³/mol. The Kier molecular flexibility index (Phi) is 4.05. The topological polar surface area (TPSA) is 52.6 Å². The third-order valence-corrected chi connectivity index (χ3v) is 4.20. The highest BCUT2D eigenvalue weighted by Gasteiger charge is 2.32. The molecule has 2 aliphatic heterocycles. The Balaban J connectivity index is 1.91. The van der Waals surface area contributed by atoms with E-state index in [1.165, 1.54) is 0 Å². The Morgan fingerprint density at radius 1 is 1.35 bits per heavy atom. The molecule has 4 heteroatoms. The fraction of sp³-hybridized carbons (Fsp3) is 0.923. The number of nitrogens with one attached hydrogen (secondary N) is 1. The zero-order chi connectivity index (χ0) is 12.4. The van der Waals surface area contributed by atoms with Crippen molar-refractivity contribution in [1.29, 1.82) is 0 Å². The Hall–Kier alpha value is -0.610. The smallest absolute Gasteiger partial charge is 0.225 e. The Morgan fingerprint density at radius 3 is 2.76 bits per heavy atom. The van der Waals surface area contributed by atoms with E-state index < -0.39 is 0 Å². The number of hydrogen-bond acceptors (Lipinski definition) is 3. The number of amides is 1. The molecule has 4 unspecified atom stereocenters. The average Bonchev–Trinajstić information content (AvgIpc) is 2.32. The predicted octanol–water partition coefficient (Wildman–Crippen LogP) is 0.604. The first-order valence-electron chi connectivity index (χ1n) is 6.78. The van der Waals surface area contributed by atoms with Gasteiger partial charge in [0.2, 0.25) is 5.91 Å². The molecule has 0 aromatic heterocycles.